The van der Waals surface area contributed by atoms with Crippen LogP contribution in [0.2, 0.25) is 0 Å². The Morgan fingerprint density at radius 3 is 2.72 bits per heavy atom. The van der Waals surface area contributed by atoms with Crippen LogP contribution in [-0.2, 0) is 7.05 Å². The van der Waals surface area contributed by atoms with Crippen LogP contribution in [0, 0.1) is 0 Å². The van der Waals surface area contributed by atoms with Gasteiger partial charge in [0.2, 0.25) is 0 Å². The molecule has 3 aromatic rings. The first kappa shape index (κ1) is 17.5. The summed E-state index contributed by atoms with van der Waals surface area (Å²) in [6.07, 6.45) is 3.29. The first-order valence-electron chi connectivity index (χ1n) is 8.52. The summed E-state index contributed by atoms with van der Waals surface area (Å²) < 4.78 is 7.67. The van der Waals surface area contributed by atoms with Gasteiger partial charge in [0, 0.05) is 36.8 Å². The molecule has 5 nitrogen and oxygen atoms in total. The van der Waals surface area contributed by atoms with E-state index < -0.39 is 6.10 Å². The Kier molecular flexibility index (Phi) is 5.36. The van der Waals surface area contributed by atoms with Crippen LogP contribution in [0.5, 0.6) is 5.75 Å². The molecule has 132 valence electrons. The molecule has 0 amide bonds. The topological polar surface area (TPSA) is 50.5 Å². The van der Waals surface area contributed by atoms with E-state index in [1.54, 1.807) is 4.68 Å². The molecular formula is C20H25N3O2. The first-order chi connectivity index (χ1) is 12.0. The van der Waals surface area contributed by atoms with Gasteiger partial charge in [0.25, 0.3) is 0 Å². The number of ether oxygens (including phenoxy) is 1. The van der Waals surface area contributed by atoms with Crippen molar-refractivity contribution < 1.29 is 9.84 Å². The Labute approximate surface area is 148 Å². The van der Waals surface area contributed by atoms with Gasteiger partial charge in [0.1, 0.15) is 18.5 Å². The molecule has 2 unspecified atom stereocenters. The number of likely N-dealkylation sites (N-methyl/N-ethyl adjacent to an activating group) is 1. The van der Waals surface area contributed by atoms with Gasteiger partial charge in [-0.25, -0.2) is 0 Å². The van der Waals surface area contributed by atoms with Crippen LogP contribution >= 0.6 is 0 Å². The van der Waals surface area contributed by atoms with Crippen molar-refractivity contribution in [1.29, 1.82) is 0 Å². The summed E-state index contributed by atoms with van der Waals surface area (Å²) in [6.45, 7) is 2.90. The fourth-order valence-electron chi connectivity index (χ4n) is 2.96. The Morgan fingerprint density at radius 1 is 1.20 bits per heavy atom. The van der Waals surface area contributed by atoms with Crippen LogP contribution in [0.25, 0.3) is 10.8 Å². The van der Waals surface area contributed by atoms with E-state index in [-0.39, 0.29) is 12.6 Å². The molecule has 0 fully saturated rings. The zero-order chi connectivity index (χ0) is 17.8. The number of benzene rings is 2. The highest BCUT2D eigenvalue weighted by molar-refractivity contribution is 5.88. The lowest BCUT2D eigenvalue weighted by molar-refractivity contribution is 0.0659. The fraction of sp³-hybridized carbons (Fsp3) is 0.350. The van der Waals surface area contributed by atoms with Crippen LogP contribution in [0.15, 0.2) is 54.9 Å². The molecule has 0 saturated carbocycles. The molecule has 2 atom stereocenters. The minimum atomic E-state index is -0.567. The average Bonchev–Trinajstić information content (AvgIpc) is 3.05. The summed E-state index contributed by atoms with van der Waals surface area (Å²) in [6, 6.07) is 14.3. The second-order valence-electron chi connectivity index (χ2n) is 6.50. The lowest BCUT2D eigenvalue weighted by Gasteiger charge is -2.26. The summed E-state index contributed by atoms with van der Waals surface area (Å²) in [7, 11) is 3.90. The second kappa shape index (κ2) is 7.68. The Bertz CT molecular complexity index is 825. The third kappa shape index (κ3) is 4.18. The normalized spacial score (nSPS) is 14.0. The number of aromatic nitrogens is 2. The predicted octanol–water partition coefficient (Wildman–Crippen LogP) is 3.01. The Hall–Kier alpha value is -2.37. The molecule has 1 N–H and O–H groups in total. The van der Waals surface area contributed by atoms with Gasteiger partial charge in [-0.05, 0) is 25.4 Å². The zero-order valence-electron chi connectivity index (χ0n) is 15.0. The van der Waals surface area contributed by atoms with E-state index in [0.717, 1.165) is 22.1 Å². The number of rotatable bonds is 7. The van der Waals surface area contributed by atoms with E-state index in [9.17, 15) is 5.11 Å². The average molecular weight is 339 g/mol. The van der Waals surface area contributed by atoms with E-state index >= 15 is 0 Å². The number of fused-ring (bicyclic) bond motifs is 1. The molecule has 0 bridgehead atoms. The van der Waals surface area contributed by atoms with Crippen molar-refractivity contribution in [2.24, 2.45) is 7.05 Å². The highest BCUT2D eigenvalue weighted by Crippen LogP contribution is 2.25. The second-order valence-corrected chi connectivity index (χ2v) is 6.50. The summed E-state index contributed by atoms with van der Waals surface area (Å²) in [5, 5.41) is 16.8. The molecule has 0 radical (unpaired) electrons. The molecule has 1 heterocycles. The van der Waals surface area contributed by atoms with Gasteiger partial charge in [0.05, 0.1) is 6.20 Å². The van der Waals surface area contributed by atoms with E-state index in [1.807, 2.05) is 56.8 Å². The van der Waals surface area contributed by atoms with Crippen molar-refractivity contribution in [3.8, 4) is 5.75 Å². The summed E-state index contributed by atoms with van der Waals surface area (Å²) in [4.78, 5) is 2.11. The Morgan fingerprint density at radius 2 is 1.96 bits per heavy atom. The van der Waals surface area contributed by atoms with Crippen LogP contribution in [-0.4, -0.2) is 46.1 Å². The van der Waals surface area contributed by atoms with Crippen molar-refractivity contribution in [1.82, 2.24) is 14.7 Å². The van der Waals surface area contributed by atoms with Gasteiger partial charge in [-0.2, -0.15) is 5.10 Å². The quantitative estimate of drug-likeness (QED) is 0.719. The van der Waals surface area contributed by atoms with Crippen molar-refractivity contribution in [2.45, 2.75) is 19.1 Å². The fourth-order valence-corrected chi connectivity index (χ4v) is 2.96. The lowest BCUT2D eigenvalue weighted by Crippen LogP contribution is -2.34. The molecule has 0 aliphatic heterocycles. The van der Waals surface area contributed by atoms with Crippen LogP contribution in [0.1, 0.15) is 18.5 Å². The number of hydrogen-bond donors (Lipinski definition) is 1. The smallest absolute Gasteiger partial charge is 0.127 e. The maximum atomic E-state index is 10.4. The number of hydrogen-bond acceptors (Lipinski definition) is 4. The van der Waals surface area contributed by atoms with Gasteiger partial charge >= 0.3 is 0 Å². The third-order valence-corrected chi connectivity index (χ3v) is 4.55. The molecule has 0 spiro atoms. The highest BCUT2D eigenvalue weighted by atomic mass is 16.5. The predicted molar refractivity (Wildman–Crippen MR) is 99.7 cm³/mol. The van der Waals surface area contributed by atoms with Gasteiger partial charge in [-0.15, -0.1) is 0 Å². The van der Waals surface area contributed by atoms with Crippen LogP contribution in [0.3, 0.4) is 0 Å². The van der Waals surface area contributed by atoms with E-state index in [2.05, 4.69) is 29.1 Å². The lowest BCUT2D eigenvalue weighted by atomic mass is 10.1. The molecule has 3 rings (SSSR count). The molecular weight excluding hydrogens is 314 g/mol. The van der Waals surface area contributed by atoms with Gasteiger partial charge in [0.15, 0.2) is 0 Å². The molecule has 2 aromatic carbocycles. The molecule has 25 heavy (non-hydrogen) atoms. The minimum Gasteiger partial charge on any atom is -0.490 e. The number of aliphatic hydroxyl groups excluding tert-OH is 1. The van der Waals surface area contributed by atoms with E-state index in [1.165, 1.54) is 0 Å². The van der Waals surface area contributed by atoms with Gasteiger partial charge in [-0.1, -0.05) is 36.4 Å². The molecule has 1 aromatic heterocycles. The number of aryl methyl sites for hydroxylation is 1. The SMILES string of the molecule is CC(c1cnn(C)c1)N(C)CC(O)COc1cccc2ccccc12. The minimum absolute atomic E-state index is 0.181. The van der Waals surface area contributed by atoms with Gasteiger partial charge in [-0.3, -0.25) is 9.58 Å². The Balaban J connectivity index is 1.58. The van der Waals surface area contributed by atoms with E-state index in [0.29, 0.717) is 6.54 Å². The van der Waals surface area contributed by atoms with Gasteiger partial charge < -0.3 is 9.84 Å². The van der Waals surface area contributed by atoms with Crippen LogP contribution in [0.4, 0.5) is 0 Å². The standard InChI is InChI=1S/C20H25N3O2/c1-15(17-11-21-23(3)12-17)22(2)13-18(24)14-25-20-10-6-8-16-7-4-5-9-19(16)20/h4-12,15,18,24H,13-14H2,1-3H3. The molecule has 0 aliphatic carbocycles. The maximum absolute atomic E-state index is 10.4. The van der Waals surface area contributed by atoms with Crippen molar-refractivity contribution in [2.75, 3.05) is 20.2 Å². The number of nitrogens with zero attached hydrogens (tertiary/aromatic N) is 3. The van der Waals surface area contributed by atoms with Crippen molar-refractivity contribution in [3.05, 3.63) is 60.4 Å². The summed E-state index contributed by atoms with van der Waals surface area (Å²) in [5.41, 5.74) is 1.13. The van der Waals surface area contributed by atoms with Crippen LogP contribution < -0.4 is 4.74 Å². The largest absolute Gasteiger partial charge is 0.490 e. The highest BCUT2D eigenvalue weighted by Gasteiger charge is 2.17. The maximum Gasteiger partial charge on any atom is 0.127 e. The molecule has 5 heteroatoms. The third-order valence-electron chi connectivity index (χ3n) is 4.55. The summed E-state index contributed by atoms with van der Waals surface area (Å²) >= 11 is 0. The van der Waals surface area contributed by atoms with Crippen molar-refractivity contribution in [3.63, 3.8) is 0 Å². The van der Waals surface area contributed by atoms with E-state index in [4.69, 9.17) is 4.74 Å². The monoisotopic (exact) mass is 339 g/mol. The molecule has 0 aliphatic rings. The summed E-state index contributed by atoms with van der Waals surface area (Å²) in [5.74, 6) is 0.806. The first-order valence-corrected chi connectivity index (χ1v) is 8.52. The molecule has 0 saturated heterocycles. The number of aliphatic hydroxyl groups is 1. The zero-order valence-corrected chi connectivity index (χ0v) is 15.0. The van der Waals surface area contributed by atoms with Crippen molar-refractivity contribution >= 4 is 10.8 Å².